The third-order valence-electron chi connectivity index (χ3n) is 11.4. The van der Waals surface area contributed by atoms with Gasteiger partial charge in [-0.25, -0.2) is 0 Å². The summed E-state index contributed by atoms with van der Waals surface area (Å²) in [4.78, 5) is 0. The summed E-state index contributed by atoms with van der Waals surface area (Å²) < 4.78 is 1.06. The van der Waals surface area contributed by atoms with Gasteiger partial charge in [-0.1, -0.05) is 98.9 Å². The molecule has 4 aliphatic rings. The summed E-state index contributed by atoms with van der Waals surface area (Å²) in [5.74, 6) is 5.41. The zero-order valence-corrected chi connectivity index (χ0v) is 25.7. The van der Waals surface area contributed by atoms with Crippen LogP contribution in [0.15, 0.2) is 12.2 Å². The molecule has 4 saturated carbocycles. The molecule has 0 aromatic rings. The molecule has 4 fully saturated rings. The Morgan fingerprint density at radius 3 is 2.34 bits per heavy atom. The van der Waals surface area contributed by atoms with Crippen molar-refractivity contribution >= 4 is 45.2 Å². The number of fused-ring (bicyclic) bond motifs is 5. The van der Waals surface area contributed by atoms with E-state index < -0.39 is 5.60 Å². The van der Waals surface area contributed by atoms with Gasteiger partial charge in [0.15, 0.2) is 0 Å². The average Bonchev–Trinajstić information content (AvgIpc) is 3.08. The lowest BCUT2D eigenvalue weighted by Crippen LogP contribution is -2.66. The fourth-order valence-corrected chi connectivity index (χ4v) is 11.9. The summed E-state index contributed by atoms with van der Waals surface area (Å²) >= 11 is 5.27. The fourth-order valence-electron chi connectivity index (χ4n) is 9.37. The first-order valence-electron chi connectivity index (χ1n) is 13.7. The Morgan fingerprint density at radius 2 is 1.69 bits per heavy atom. The van der Waals surface area contributed by atoms with Gasteiger partial charge in [0.25, 0.3) is 0 Å². The molecule has 1 nitrogen and oxygen atoms in total. The van der Waals surface area contributed by atoms with Crippen LogP contribution in [-0.2, 0) is 0 Å². The molecule has 3 heteroatoms. The zero-order valence-electron chi connectivity index (χ0n) is 21.4. The van der Waals surface area contributed by atoms with Gasteiger partial charge in [-0.2, -0.15) is 0 Å². The van der Waals surface area contributed by atoms with Crippen molar-refractivity contribution in [3.8, 4) is 0 Å². The molecule has 4 rings (SSSR count). The third-order valence-corrected chi connectivity index (χ3v) is 14.1. The first-order chi connectivity index (χ1) is 15.0. The lowest BCUT2D eigenvalue weighted by Gasteiger charge is -2.65. The molecule has 0 aliphatic heterocycles. The molecule has 0 saturated heterocycles. The molecule has 11 atom stereocenters. The Labute approximate surface area is 226 Å². The van der Waals surface area contributed by atoms with Crippen LogP contribution in [0.5, 0.6) is 0 Å². The van der Waals surface area contributed by atoms with Gasteiger partial charge in [-0.15, -0.1) is 0 Å². The van der Waals surface area contributed by atoms with Crippen LogP contribution < -0.4 is 0 Å². The first kappa shape index (κ1) is 26.2. The summed E-state index contributed by atoms with van der Waals surface area (Å²) in [7, 11) is 0. The highest BCUT2D eigenvalue weighted by atomic mass is 127. The Bertz CT molecular complexity index is 705. The van der Waals surface area contributed by atoms with E-state index in [-0.39, 0.29) is 5.41 Å². The van der Waals surface area contributed by atoms with Gasteiger partial charge in [-0.3, -0.25) is 0 Å². The number of rotatable bonds is 5. The second kappa shape index (κ2) is 9.56. The van der Waals surface area contributed by atoms with Crippen LogP contribution in [0.2, 0.25) is 0 Å². The van der Waals surface area contributed by atoms with E-state index in [1.165, 1.54) is 51.4 Å². The highest BCUT2D eigenvalue weighted by Crippen LogP contribution is 2.70. The second-order valence-electron chi connectivity index (χ2n) is 13.1. The smallest absolute Gasteiger partial charge is 0.0830 e. The molecule has 0 heterocycles. The number of halogens is 2. The van der Waals surface area contributed by atoms with Crippen LogP contribution in [0.1, 0.15) is 99.3 Å². The molecule has 0 radical (unpaired) electrons. The van der Waals surface area contributed by atoms with E-state index in [0.717, 1.165) is 41.9 Å². The van der Waals surface area contributed by atoms with Crippen molar-refractivity contribution < 1.29 is 5.11 Å². The van der Waals surface area contributed by atoms with Crippen molar-refractivity contribution in [2.45, 2.75) is 113 Å². The van der Waals surface area contributed by atoms with Crippen molar-refractivity contribution in [3.05, 3.63) is 12.2 Å². The van der Waals surface area contributed by atoms with Crippen LogP contribution in [0, 0.1) is 52.3 Å². The monoisotopic (exact) mass is 666 g/mol. The minimum Gasteiger partial charge on any atom is -0.388 e. The minimum atomic E-state index is -0.452. The number of alkyl halides is 2. The Hall–Kier alpha value is 1.16. The third kappa shape index (κ3) is 4.10. The molecule has 0 aromatic heterocycles. The van der Waals surface area contributed by atoms with Crippen LogP contribution in [0.25, 0.3) is 0 Å². The lowest BCUT2D eigenvalue weighted by molar-refractivity contribution is -0.195. The quantitative estimate of drug-likeness (QED) is 0.177. The highest BCUT2D eigenvalue weighted by molar-refractivity contribution is 14.1. The Kier molecular flexibility index (Phi) is 7.83. The maximum Gasteiger partial charge on any atom is 0.0830 e. The van der Waals surface area contributed by atoms with Crippen molar-refractivity contribution in [1.82, 2.24) is 0 Å². The second-order valence-corrected chi connectivity index (χ2v) is 16.3. The zero-order chi connectivity index (χ0) is 23.5. The van der Waals surface area contributed by atoms with E-state index in [9.17, 15) is 5.11 Å². The van der Waals surface area contributed by atoms with Gasteiger partial charge in [0.2, 0.25) is 0 Å². The van der Waals surface area contributed by atoms with E-state index in [0.29, 0.717) is 19.2 Å². The molecule has 0 aromatic carbocycles. The maximum atomic E-state index is 12.0. The van der Waals surface area contributed by atoms with E-state index in [4.69, 9.17) is 0 Å². The van der Waals surface area contributed by atoms with E-state index >= 15 is 0 Å². The average molecular weight is 667 g/mol. The normalized spacial score (nSPS) is 50.7. The maximum absolute atomic E-state index is 12.0. The minimum absolute atomic E-state index is 0.125. The van der Waals surface area contributed by atoms with E-state index in [2.05, 4.69) is 98.9 Å². The van der Waals surface area contributed by atoms with Crippen molar-refractivity contribution in [1.29, 1.82) is 0 Å². The van der Waals surface area contributed by atoms with Crippen molar-refractivity contribution in [3.63, 3.8) is 0 Å². The number of aliphatic hydroxyl groups is 1. The molecule has 5 unspecified atom stereocenters. The molecule has 0 amide bonds. The largest absolute Gasteiger partial charge is 0.388 e. The van der Waals surface area contributed by atoms with Gasteiger partial charge in [-0.05, 0) is 105 Å². The summed E-state index contributed by atoms with van der Waals surface area (Å²) in [6.07, 6.45) is 16.8. The lowest BCUT2D eigenvalue weighted by atomic mass is 9.43. The standard InChI is InChI=1S/C29H48I2O/c1-7-20(18(2)3)9-8-19(4)23-10-11-24-22-16-26(31)29(32)17-21(30)12-15-28(29,6)25(22)13-14-27(23,24)5/h8-9,18-26,32H,7,10-17H2,1-6H3/b9-8+/t19-,20?,21+,22?,23?,24?,25?,26+,27-,28-,29+/m1/s1. The van der Waals surface area contributed by atoms with Crippen molar-refractivity contribution in [2.75, 3.05) is 0 Å². The predicted molar refractivity (Wildman–Crippen MR) is 155 cm³/mol. The first-order valence-corrected chi connectivity index (χ1v) is 16.2. The van der Waals surface area contributed by atoms with Crippen LogP contribution >= 0.6 is 45.2 Å². The summed E-state index contributed by atoms with van der Waals surface area (Å²) in [6.45, 7) is 14.8. The van der Waals surface area contributed by atoms with Gasteiger partial charge >= 0.3 is 0 Å². The number of hydrogen-bond donors (Lipinski definition) is 1. The molecule has 32 heavy (non-hydrogen) atoms. The highest BCUT2D eigenvalue weighted by Gasteiger charge is 2.66. The summed E-state index contributed by atoms with van der Waals surface area (Å²) in [5.41, 5.74) is 0.166. The molecule has 1 N–H and O–H groups in total. The van der Waals surface area contributed by atoms with E-state index in [1.807, 2.05) is 0 Å². The number of allylic oxidation sites excluding steroid dienone is 2. The summed E-state index contributed by atoms with van der Waals surface area (Å²) in [6, 6.07) is 0. The Balaban J connectivity index is 1.56. The van der Waals surface area contributed by atoms with Gasteiger partial charge < -0.3 is 5.11 Å². The van der Waals surface area contributed by atoms with Gasteiger partial charge in [0, 0.05) is 13.3 Å². The summed E-state index contributed by atoms with van der Waals surface area (Å²) in [5, 5.41) is 12.0. The van der Waals surface area contributed by atoms with Gasteiger partial charge in [0.1, 0.15) is 0 Å². The topological polar surface area (TPSA) is 20.2 Å². The predicted octanol–water partition coefficient (Wildman–Crippen LogP) is 8.85. The van der Waals surface area contributed by atoms with Gasteiger partial charge in [0.05, 0.1) is 5.60 Å². The number of hydrogen-bond acceptors (Lipinski definition) is 1. The molecule has 4 aliphatic carbocycles. The molecular weight excluding hydrogens is 618 g/mol. The fraction of sp³-hybridized carbons (Fsp3) is 0.931. The molecular formula is C29H48I2O. The van der Waals surface area contributed by atoms with E-state index in [1.54, 1.807) is 0 Å². The van der Waals surface area contributed by atoms with Crippen LogP contribution in [0.3, 0.4) is 0 Å². The molecule has 0 spiro atoms. The van der Waals surface area contributed by atoms with Crippen molar-refractivity contribution in [2.24, 2.45) is 52.3 Å². The molecule has 184 valence electrons. The SMILES string of the molecule is CCC(/C=C/[C@@H](C)C1CCC2C3C[C@H](I)[C@@]4(O)C[C@@H](I)CC[C@]4(C)C3CC[C@@]21C)C(C)C. The Morgan fingerprint density at radius 1 is 0.969 bits per heavy atom. The van der Waals surface area contributed by atoms with Crippen LogP contribution in [0.4, 0.5) is 0 Å². The van der Waals surface area contributed by atoms with Crippen LogP contribution in [-0.4, -0.2) is 18.6 Å². The molecule has 0 bridgehead atoms.